The van der Waals surface area contributed by atoms with Crippen LogP contribution in [-0.2, 0) is 6.42 Å². The summed E-state index contributed by atoms with van der Waals surface area (Å²) >= 11 is 4.87. The highest BCUT2D eigenvalue weighted by molar-refractivity contribution is 7.80. The van der Waals surface area contributed by atoms with Gasteiger partial charge in [0.25, 0.3) is 5.91 Å². The summed E-state index contributed by atoms with van der Waals surface area (Å²) in [6.07, 6.45) is 3.53. The Balaban J connectivity index is 1.80. The molecule has 166 valence electrons. The van der Waals surface area contributed by atoms with E-state index in [4.69, 9.17) is 27.1 Å². The van der Waals surface area contributed by atoms with Crippen molar-refractivity contribution in [2.75, 3.05) is 11.9 Å². The van der Waals surface area contributed by atoms with Crippen LogP contribution in [0.3, 0.4) is 0 Å². The van der Waals surface area contributed by atoms with Gasteiger partial charge in [-0.2, -0.15) is 5.10 Å². The average Bonchev–Trinajstić information content (AvgIpc) is 3.03. The predicted octanol–water partition coefficient (Wildman–Crippen LogP) is 4.53. The van der Waals surface area contributed by atoms with Crippen LogP contribution in [0.1, 0.15) is 67.5 Å². The van der Waals surface area contributed by atoms with Gasteiger partial charge in [-0.25, -0.2) is 0 Å². The molecule has 3 rings (SSSR count). The molecule has 0 aliphatic heterocycles. The van der Waals surface area contributed by atoms with Gasteiger partial charge in [-0.05, 0) is 61.7 Å². The van der Waals surface area contributed by atoms with Crippen molar-refractivity contribution < 1.29 is 13.9 Å². The summed E-state index contributed by atoms with van der Waals surface area (Å²) < 4.78 is 11.7. The highest BCUT2D eigenvalue weighted by Crippen LogP contribution is 2.39. The standard InChI is InChI=1S/C23H30N4O3S/c1-5-6-11-29-16-9-7-15(8-10-16)25-21(28)20-14(2)19-17(26-27-22(24)31)12-23(3,4)13-18(19)30-20/h7-10H,5-6,11-13H2,1-4H3,(H,25,28)(H3,24,27,31)/b26-17-. The van der Waals surface area contributed by atoms with Crippen LogP contribution in [0.2, 0.25) is 0 Å². The number of anilines is 1. The van der Waals surface area contributed by atoms with E-state index in [1.54, 1.807) is 0 Å². The van der Waals surface area contributed by atoms with Crippen LogP contribution < -0.4 is 21.2 Å². The number of carbonyl (C=O) groups excluding carboxylic acids is 1. The zero-order chi connectivity index (χ0) is 22.6. The first-order chi connectivity index (χ1) is 14.7. The van der Waals surface area contributed by atoms with Crippen LogP contribution in [0.5, 0.6) is 5.75 Å². The third kappa shape index (κ3) is 5.64. The molecule has 2 aromatic rings. The summed E-state index contributed by atoms with van der Waals surface area (Å²) in [6, 6.07) is 7.33. The molecule has 0 fully saturated rings. The van der Waals surface area contributed by atoms with Crippen LogP contribution in [0.25, 0.3) is 0 Å². The third-order valence-corrected chi connectivity index (χ3v) is 5.27. The topological polar surface area (TPSA) is 102 Å². The Kier molecular flexibility index (Phi) is 7.00. The number of rotatable bonds is 7. The Hall–Kier alpha value is -2.87. The molecule has 0 saturated carbocycles. The van der Waals surface area contributed by atoms with Crippen molar-refractivity contribution in [3.63, 3.8) is 0 Å². The van der Waals surface area contributed by atoms with Crippen molar-refractivity contribution in [2.24, 2.45) is 16.3 Å². The molecule has 1 amide bonds. The maximum absolute atomic E-state index is 13.0. The number of furan rings is 1. The molecule has 1 aromatic heterocycles. The van der Waals surface area contributed by atoms with Crippen molar-refractivity contribution in [1.82, 2.24) is 5.43 Å². The fraction of sp³-hybridized carbons (Fsp3) is 0.435. The van der Waals surface area contributed by atoms with E-state index in [0.29, 0.717) is 18.7 Å². The second-order valence-electron chi connectivity index (χ2n) is 8.59. The molecule has 7 nitrogen and oxygen atoms in total. The van der Waals surface area contributed by atoms with Gasteiger partial charge in [-0.3, -0.25) is 10.2 Å². The molecule has 0 radical (unpaired) electrons. The summed E-state index contributed by atoms with van der Waals surface area (Å²) in [7, 11) is 0. The number of nitrogens with zero attached hydrogens (tertiary/aromatic N) is 1. The number of carbonyl (C=O) groups is 1. The van der Waals surface area contributed by atoms with Crippen LogP contribution in [-0.4, -0.2) is 23.3 Å². The van der Waals surface area contributed by atoms with E-state index in [0.717, 1.165) is 47.6 Å². The number of amides is 1. The lowest BCUT2D eigenvalue weighted by molar-refractivity contribution is 0.0993. The lowest BCUT2D eigenvalue weighted by Gasteiger charge is -2.29. The predicted molar refractivity (Wildman–Crippen MR) is 127 cm³/mol. The van der Waals surface area contributed by atoms with Crippen molar-refractivity contribution in [3.8, 4) is 5.75 Å². The zero-order valence-electron chi connectivity index (χ0n) is 18.5. The van der Waals surface area contributed by atoms with E-state index in [2.05, 4.69) is 36.6 Å². The van der Waals surface area contributed by atoms with Crippen molar-refractivity contribution in [3.05, 3.63) is 46.9 Å². The number of fused-ring (bicyclic) bond motifs is 1. The van der Waals surface area contributed by atoms with Crippen molar-refractivity contribution in [1.29, 1.82) is 0 Å². The van der Waals surface area contributed by atoms with E-state index in [1.165, 1.54) is 0 Å². The van der Waals surface area contributed by atoms with E-state index in [-0.39, 0.29) is 22.2 Å². The number of hydrogen-bond acceptors (Lipinski definition) is 5. The summed E-state index contributed by atoms with van der Waals surface area (Å²) in [6.45, 7) is 8.94. The number of nitrogens with one attached hydrogen (secondary N) is 2. The van der Waals surface area contributed by atoms with Crippen molar-refractivity contribution in [2.45, 2.75) is 53.4 Å². The summed E-state index contributed by atoms with van der Waals surface area (Å²) in [5, 5.41) is 7.37. The smallest absolute Gasteiger partial charge is 0.291 e. The van der Waals surface area contributed by atoms with Gasteiger partial charge < -0.3 is 20.2 Å². The lowest BCUT2D eigenvalue weighted by Crippen LogP contribution is -2.31. The van der Waals surface area contributed by atoms with Crippen LogP contribution in [0.4, 0.5) is 5.69 Å². The quantitative estimate of drug-likeness (QED) is 0.331. The molecular weight excluding hydrogens is 412 g/mol. The molecule has 0 bridgehead atoms. The van der Waals surface area contributed by atoms with Crippen LogP contribution in [0, 0.1) is 12.3 Å². The fourth-order valence-electron chi connectivity index (χ4n) is 3.71. The molecule has 0 unspecified atom stereocenters. The Morgan fingerprint density at radius 3 is 2.65 bits per heavy atom. The lowest BCUT2D eigenvalue weighted by atomic mass is 9.75. The van der Waals surface area contributed by atoms with Gasteiger partial charge in [-0.15, -0.1) is 0 Å². The number of unbranched alkanes of at least 4 members (excludes halogenated alkanes) is 1. The second-order valence-corrected chi connectivity index (χ2v) is 9.03. The molecule has 0 saturated heterocycles. The Morgan fingerprint density at radius 1 is 1.29 bits per heavy atom. The van der Waals surface area contributed by atoms with Crippen molar-refractivity contribution >= 4 is 34.6 Å². The second kappa shape index (κ2) is 9.51. The molecular formula is C23H30N4O3S. The monoisotopic (exact) mass is 442 g/mol. The highest BCUT2D eigenvalue weighted by atomic mass is 32.1. The normalized spacial score (nSPS) is 15.9. The van der Waals surface area contributed by atoms with Gasteiger partial charge in [0, 0.05) is 23.2 Å². The first-order valence-electron chi connectivity index (χ1n) is 10.5. The van der Waals surface area contributed by atoms with E-state index >= 15 is 0 Å². The van der Waals surface area contributed by atoms with Gasteiger partial charge in [-0.1, -0.05) is 27.2 Å². The summed E-state index contributed by atoms with van der Waals surface area (Å²) in [5.41, 5.74) is 11.2. The SMILES string of the molecule is CCCCOc1ccc(NC(=O)c2oc3c(c2C)/C(=N\NC(N)=S)CC(C)(C)C3)cc1. The van der Waals surface area contributed by atoms with Gasteiger partial charge in [0.05, 0.1) is 12.3 Å². The number of hydrogen-bond donors (Lipinski definition) is 3. The maximum Gasteiger partial charge on any atom is 0.291 e. The Bertz CT molecular complexity index is 993. The minimum Gasteiger partial charge on any atom is -0.494 e. The number of nitrogens with two attached hydrogens (primary N) is 1. The molecule has 0 spiro atoms. The molecule has 1 heterocycles. The third-order valence-electron chi connectivity index (χ3n) is 5.18. The molecule has 31 heavy (non-hydrogen) atoms. The largest absolute Gasteiger partial charge is 0.494 e. The molecule has 1 aromatic carbocycles. The number of ether oxygens (including phenoxy) is 1. The zero-order valence-corrected chi connectivity index (χ0v) is 19.3. The van der Waals surface area contributed by atoms with Gasteiger partial charge in [0.1, 0.15) is 11.5 Å². The highest BCUT2D eigenvalue weighted by Gasteiger charge is 2.36. The van der Waals surface area contributed by atoms with Gasteiger partial charge in [0.2, 0.25) is 0 Å². The average molecular weight is 443 g/mol. The number of benzene rings is 1. The van der Waals surface area contributed by atoms with Crippen LogP contribution in [0.15, 0.2) is 33.8 Å². The molecule has 1 aliphatic carbocycles. The Labute approximate surface area is 188 Å². The van der Waals surface area contributed by atoms with E-state index < -0.39 is 0 Å². The molecule has 1 aliphatic rings. The first-order valence-corrected chi connectivity index (χ1v) is 10.9. The van der Waals surface area contributed by atoms with E-state index in [9.17, 15) is 4.79 Å². The molecule has 0 atom stereocenters. The first kappa shape index (κ1) is 22.8. The summed E-state index contributed by atoms with van der Waals surface area (Å²) in [4.78, 5) is 13.0. The minimum atomic E-state index is -0.300. The number of hydrazone groups is 1. The maximum atomic E-state index is 13.0. The fourth-order valence-corrected chi connectivity index (χ4v) is 3.75. The molecule has 8 heteroatoms. The summed E-state index contributed by atoms with van der Waals surface area (Å²) in [5.74, 6) is 1.52. The van der Waals surface area contributed by atoms with Gasteiger partial charge in [0.15, 0.2) is 10.9 Å². The van der Waals surface area contributed by atoms with Gasteiger partial charge >= 0.3 is 0 Å². The van der Waals surface area contributed by atoms with Crippen LogP contribution >= 0.6 is 12.2 Å². The Morgan fingerprint density at radius 2 is 2.00 bits per heavy atom. The molecule has 4 N–H and O–H groups in total. The minimum absolute atomic E-state index is 0.0601. The van der Waals surface area contributed by atoms with E-state index in [1.807, 2.05) is 31.2 Å². The number of thiocarbonyl (C=S) groups is 1.